The van der Waals surface area contributed by atoms with E-state index < -0.39 is 8.07 Å². The van der Waals surface area contributed by atoms with Gasteiger partial charge in [-0.2, -0.15) is 0 Å². The van der Waals surface area contributed by atoms with Crippen molar-refractivity contribution in [3.8, 4) is 12.0 Å². The molecule has 2 rings (SSSR count). The molecule has 0 aromatic heterocycles. The van der Waals surface area contributed by atoms with E-state index in [-0.39, 0.29) is 0 Å². The molecule has 0 spiro atoms. The van der Waals surface area contributed by atoms with Gasteiger partial charge in [0, 0.05) is 0 Å². The van der Waals surface area contributed by atoms with Crippen LogP contribution in [-0.4, -0.2) is 8.07 Å². The van der Waals surface area contributed by atoms with Gasteiger partial charge in [-0.15, -0.1) is 18.5 Å². The van der Waals surface area contributed by atoms with E-state index >= 15 is 0 Å². The lowest BCUT2D eigenvalue weighted by atomic mass is 10.4. The monoisotopic (exact) mass is 248 g/mol. The van der Waals surface area contributed by atoms with Gasteiger partial charge in [0.2, 0.25) is 8.07 Å². The lowest BCUT2D eigenvalue weighted by molar-refractivity contribution is 1.60. The van der Waals surface area contributed by atoms with Crippen molar-refractivity contribution in [1.82, 2.24) is 0 Å². The third kappa shape index (κ3) is 2.16. The van der Waals surface area contributed by atoms with Gasteiger partial charge in [-0.1, -0.05) is 66.7 Å². The van der Waals surface area contributed by atoms with Crippen LogP contribution >= 0.6 is 0 Å². The van der Waals surface area contributed by atoms with Gasteiger partial charge in [-0.3, -0.25) is 0 Å². The van der Waals surface area contributed by atoms with Crippen molar-refractivity contribution in [3.63, 3.8) is 0 Å². The molecule has 0 aliphatic heterocycles. The summed E-state index contributed by atoms with van der Waals surface area (Å²) in [4.78, 5) is 0. The first kappa shape index (κ1) is 12.4. The summed E-state index contributed by atoms with van der Waals surface area (Å²) in [5.74, 6) is 0. The van der Waals surface area contributed by atoms with Crippen LogP contribution in [-0.2, 0) is 0 Å². The SMILES string of the molecule is C#C[Si](CC=C)(c1ccccc1)c1ccccc1. The summed E-state index contributed by atoms with van der Waals surface area (Å²) in [5.41, 5.74) is 3.12. The summed E-state index contributed by atoms with van der Waals surface area (Å²) in [5, 5.41) is 2.55. The van der Waals surface area contributed by atoms with Gasteiger partial charge in [-0.25, -0.2) is 0 Å². The minimum Gasteiger partial charge on any atom is -0.126 e. The number of hydrogen-bond donors (Lipinski definition) is 0. The average molecular weight is 248 g/mol. The van der Waals surface area contributed by atoms with E-state index in [9.17, 15) is 0 Å². The van der Waals surface area contributed by atoms with Gasteiger partial charge in [0.15, 0.2) is 0 Å². The Morgan fingerprint density at radius 2 is 1.39 bits per heavy atom. The topological polar surface area (TPSA) is 0 Å². The zero-order valence-corrected chi connectivity index (χ0v) is 11.3. The minimum atomic E-state index is -2.11. The highest BCUT2D eigenvalue weighted by Gasteiger charge is 2.34. The molecule has 88 valence electrons. The molecule has 0 bridgehead atoms. The van der Waals surface area contributed by atoms with Gasteiger partial charge in [0.1, 0.15) is 0 Å². The van der Waals surface area contributed by atoms with Gasteiger partial charge >= 0.3 is 0 Å². The van der Waals surface area contributed by atoms with Gasteiger partial charge in [0.05, 0.1) is 0 Å². The molecule has 1 heteroatoms. The van der Waals surface area contributed by atoms with Crippen LogP contribution in [0, 0.1) is 12.0 Å². The Morgan fingerprint density at radius 1 is 0.944 bits per heavy atom. The predicted molar refractivity (Wildman–Crippen MR) is 81.7 cm³/mol. The van der Waals surface area contributed by atoms with E-state index in [4.69, 9.17) is 6.42 Å². The van der Waals surface area contributed by atoms with Crippen molar-refractivity contribution >= 4 is 18.4 Å². The molecule has 2 aromatic carbocycles. The third-order valence-electron chi connectivity index (χ3n) is 3.23. The van der Waals surface area contributed by atoms with Crippen LogP contribution < -0.4 is 10.4 Å². The maximum Gasteiger partial charge on any atom is 0.202 e. The predicted octanol–water partition coefficient (Wildman–Crippen LogP) is 2.61. The van der Waals surface area contributed by atoms with E-state index in [1.807, 2.05) is 18.2 Å². The lowest BCUT2D eigenvalue weighted by Crippen LogP contribution is -2.57. The first-order valence-electron chi connectivity index (χ1n) is 6.03. The molecule has 0 unspecified atom stereocenters. The maximum atomic E-state index is 5.92. The van der Waals surface area contributed by atoms with Crippen molar-refractivity contribution in [3.05, 3.63) is 73.3 Å². The second-order valence-corrected chi connectivity index (χ2v) is 7.94. The van der Waals surface area contributed by atoms with Gasteiger partial charge in [-0.05, 0) is 16.4 Å². The van der Waals surface area contributed by atoms with Crippen LogP contribution in [0.25, 0.3) is 0 Å². The Kier molecular flexibility index (Phi) is 3.81. The van der Waals surface area contributed by atoms with E-state index in [2.05, 4.69) is 60.7 Å². The van der Waals surface area contributed by atoms with Crippen molar-refractivity contribution in [1.29, 1.82) is 0 Å². The number of terminal acetylenes is 1. The number of allylic oxidation sites excluding steroid dienone is 1. The van der Waals surface area contributed by atoms with Crippen LogP contribution in [0.1, 0.15) is 0 Å². The fourth-order valence-corrected chi connectivity index (χ4v) is 5.50. The van der Waals surface area contributed by atoms with Crippen LogP contribution in [0.15, 0.2) is 73.3 Å². The summed E-state index contributed by atoms with van der Waals surface area (Å²) >= 11 is 0. The van der Waals surface area contributed by atoms with Crippen LogP contribution in [0.2, 0.25) is 6.04 Å². The van der Waals surface area contributed by atoms with E-state index in [0.717, 1.165) is 6.04 Å². The van der Waals surface area contributed by atoms with Gasteiger partial charge < -0.3 is 0 Å². The molecule has 0 N–H and O–H groups in total. The molecule has 0 atom stereocenters. The standard InChI is InChI=1S/C17H16Si/c1-3-15-18(4-2,16-11-7-5-8-12-16)17-13-9-6-10-14-17/h2-3,5-14H,1,15H2. The smallest absolute Gasteiger partial charge is 0.126 e. The molecular weight excluding hydrogens is 232 g/mol. The molecule has 0 nitrogen and oxygen atoms in total. The largest absolute Gasteiger partial charge is 0.202 e. The Morgan fingerprint density at radius 3 is 1.72 bits per heavy atom. The Balaban J connectivity index is 2.62. The van der Waals surface area contributed by atoms with E-state index in [1.165, 1.54) is 10.4 Å². The molecule has 0 fully saturated rings. The molecule has 0 saturated heterocycles. The van der Waals surface area contributed by atoms with E-state index in [0.29, 0.717) is 0 Å². The fourth-order valence-electron chi connectivity index (χ4n) is 2.29. The highest BCUT2D eigenvalue weighted by Crippen LogP contribution is 2.11. The van der Waals surface area contributed by atoms with Crippen molar-refractivity contribution < 1.29 is 0 Å². The summed E-state index contributed by atoms with van der Waals surface area (Å²) < 4.78 is 0. The van der Waals surface area contributed by atoms with Crippen LogP contribution in [0.3, 0.4) is 0 Å². The molecular formula is C17H16Si. The van der Waals surface area contributed by atoms with Crippen molar-refractivity contribution in [2.75, 3.05) is 0 Å². The molecule has 0 saturated carbocycles. The molecule has 2 aromatic rings. The molecule has 18 heavy (non-hydrogen) atoms. The Hall–Kier alpha value is -2.04. The summed E-state index contributed by atoms with van der Waals surface area (Å²) in [6, 6.07) is 21.7. The van der Waals surface area contributed by atoms with Gasteiger partial charge in [0.25, 0.3) is 0 Å². The normalized spacial score (nSPS) is 10.6. The fraction of sp³-hybridized carbons (Fsp3) is 0.0588. The highest BCUT2D eigenvalue weighted by molar-refractivity contribution is 7.08. The number of benzene rings is 2. The first-order valence-corrected chi connectivity index (χ1v) is 8.24. The minimum absolute atomic E-state index is 0.873. The Labute approximate surface area is 110 Å². The second-order valence-electron chi connectivity index (χ2n) is 4.27. The van der Waals surface area contributed by atoms with Crippen LogP contribution in [0.5, 0.6) is 0 Å². The summed E-state index contributed by atoms with van der Waals surface area (Å²) in [6.07, 6.45) is 7.87. The number of rotatable bonds is 4. The average Bonchev–Trinajstić information content (AvgIpc) is 2.47. The second kappa shape index (κ2) is 5.53. The van der Waals surface area contributed by atoms with Crippen LogP contribution in [0.4, 0.5) is 0 Å². The molecule has 0 heterocycles. The van der Waals surface area contributed by atoms with Crippen molar-refractivity contribution in [2.24, 2.45) is 0 Å². The number of hydrogen-bond acceptors (Lipinski definition) is 0. The molecule has 0 aliphatic rings. The summed E-state index contributed by atoms with van der Waals surface area (Å²) in [6.45, 7) is 3.88. The molecule has 0 aliphatic carbocycles. The molecule has 0 radical (unpaired) electrons. The summed E-state index contributed by atoms with van der Waals surface area (Å²) in [7, 11) is -2.11. The van der Waals surface area contributed by atoms with E-state index in [1.54, 1.807) is 0 Å². The quantitative estimate of drug-likeness (QED) is 0.443. The molecule has 0 amide bonds. The third-order valence-corrected chi connectivity index (χ3v) is 7.26. The first-order chi connectivity index (χ1) is 8.83. The zero-order valence-electron chi connectivity index (χ0n) is 10.3. The highest BCUT2D eigenvalue weighted by atomic mass is 28.3. The van der Waals surface area contributed by atoms with Crippen molar-refractivity contribution in [2.45, 2.75) is 6.04 Å². The zero-order chi connectivity index (χ0) is 12.8. The Bertz CT molecular complexity index is 510. The maximum absolute atomic E-state index is 5.92. The lowest BCUT2D eigenvalue weighted by Gasteiger charge is -2.25.